The fraction of sp³-hybridized carbons (Fsp3) is 0.278. The van der Waals surface area contributed by atoms with Crippen LogP contribution in [0.5, 0.6) is 0 Å². The summed E-state index contributed by atoms with van der Waals surface area (Å²) in [6, 6.07) is 13.6. The molecule has 0 aromatic heterocycles. The van der Waals surface area contributed by atoms with Gasteiger partial charge in [0.15, 0.2) is 0 Å². The Morgan fingerprint density at radius 3 is 2.12 bits per heavy atom. The van der Waals surface area contributed by atoms with Crippen molar-refractivity contribution in [2.75, 3.05) is 15.8 Å². The van der Waals surface area contributed by atoms with E-state index in [1.54, 1.807) is 36.4 Å². The van der Waals surface area contributed by atoms with Gasteiger partial charge in [-0.15, -0.1) is 12.4 Å². The molecule has 0 saturated heterocycles. The average Bonchev–Trinajstić information content (AvgIpc) is 2.61. The SMILES string of the molecule is CCCCS(=O)(=O)Nc1ccc(NC(=O)c2ccc(CN)cc2)cc1.Cl. The summed E-state index contributed by atoms with van der Waals surface area (Å²) in [5.41, 5.74) is 8.08. The second kappa shape index (κ2) is 10.2. The zero-order valence-electron chi connectivity index (χ0n) is 14.6. The smallest absolute Gasteiger partial charge is 0.255 e. The number of carbonyl (C=O) groups excluding carboxylic acids is 1. The maximum Gasteiger partial charge on any atom is 0.255 e. The van der Waals surface area contributed by atoms with Crippen molar-refractivity contribution in [1.29, 1.82) is 0 Å². The zero-order valence-corrected chi connectivity index (χ0v) is 16.2. The van der Waals surface area contributed by atoms with Crippen LogP contribution in [0.4, 0.5) is 11.4 Å². The highest BCUT2D eigenvalue weighted by molar-refractivity contribution is 7.92. The molecule has 1 amide bonds. The molecule has 8 heteroatoms. The van der Waals surface area contributed by atoms with Crippen molar-refractivity contribution >= 4 is 39.7 Å². The monoisotopic (exact) mass is 397 g/mol. The maximum absolute atomic E-state index is 12.2. The average molecular weight is 398 g/mol. The molecular weight excluding hydrogens is 374 g/mol. The van der Waals surface area contributed by atoms with Gasteiger partial charge in [0.05, 0.1) is 5.75 Å². The van der Waals surface area contributed by atoms with Crippen LogP contribution in [0.2, 0.25) is 0 Å². The third-order valence-electron chi connectivity index (χ3n) is 3.63. The summed E-state index contributed by atoms with van der Waals surface area (Å²) in [7, 11) is -3.33. The maximum atomic E-state index is 12.2. The number of unbranched alkanes of at least 4 members (excludes halogenated alkanes) is 1. The largest absolute Gasteiger partial charge is 0.326 e. The molecule has 0 saturated carbocycles. The molecule has 0 aliphatic heterocycles. The lowest BCUT2D eigenvalue weighted by Gasteiger charge is -2.09. The molecule has 4 N–H and O–H groups in total. The summed E-state index contributed by atoms with van der Waals surface area (Å²) in [5.74, 6) is -0.138. The molecule has 0 radical (unpaired) electrons. The molecule has 0 aliphatic carbocycles. The van der Waals surface area contributed by atoms with Gasteiger partial charge in [0.1, 0.15) is 0 Å². The molecule has 142 valence electrons. The topological polar surface area (TPSA) is 101 Å². The molecule has 2 aromatic rings. The lowest BCUT2D eigenvalue weighted by molar-refractivity contribution is 0.102. The summed E-state index contributed by atoms with van der Waals surface area (Å²) >= 11 is 0. The molecule has 6 nitrogen and oxygen atoms in total. The standard InChI is InChI=1S/C18H23N3O3S.ClH/c1-2-3-12-25(23,24)21-17-10-8-16(9-11-17)20-18(22)15-6-4-14(13-19)5-7-15;/h4-11,21H,2-3,12-13,19H2,1H3,(H,20,22);1H. The fourth-order valence-electron chi connectivity index (χ4n) is 2.18. The van der Waals surface area contributed by atoms with Gasteiger partial charge in [-0.05, 0) is 48.4 Å². The van der Waals surface area contributed by atoms with E-state index >= 15 is 0 Å². The second-order valence-corrected chi connectivity index (χ2v) is 7.55. The van der Waals surface area contributed by atoms with Crippen molar-refractivity contribution < 1.29 is 13.2 Å². The summed E-state index contributed by atoms with van der Waals surface area (Å²) in [5, 5.41) is 2.77. The first kappa shape index (κ1) is 22.0. The Morgan fingerprint density at radius 1 is 1.00 bits per heavy atom. The van der Waals surface area contributed by atoms with E-state index < -0.39 is 10.0 Å². The van der Waals surface area contributed by atoms with Crippen molar-refractivity contribution in [3.8, 4) is 0 Å². The first-order chi connectivity index (χ1) is 11.9. The third kappa shape index (κ3) is 6.67. The van der Waals surface area contributed by atoms with E-state index in [1.165, 1.54) is 0 Å². The van der Waals surface area contributed by atoms with Gasteiger partial charge in [-0.1, -0.05) is 25.5 Å². The number of benzene rings is 2. The minimum atomic E-state index is -3.33. The molecule has 0 bridgehead atoms. The van der Waals surface area contributed by atoms with Gasteiger partial charge in [-0.2, -0.15) is 0 Å². The van der Waals surface area contributed by atoms with Gasteiger partial charge < -0.3 is 11.1 Å². The molecule has 2 aromatic carbocycles. The molecular formula is C18H24ClN3O3S. The normalized spacial score (nSPS) is 10.7. The number of halogens is 1. The predicted octanol–water partition coefficient (Wildman–Crippen LogP) is 3.36. The number of hydrogen-bond acceptors (Lipinski definition) is 4. The molecule has 0 unspecified atom stereocenters. The zero-order chi connectivity index (χ0) is 18.3. The van der Waals surface area contributed by atoms with E-state index in [-0.39, 0.29) is 24.1 Å². The second-order valence-electron chi connectivity index (χ2n) is 5.71. The van der Waals surface area contributed by atoms with E-state index in [0.29, 0.717) is 29.9 Å². The van der Waals surface area contributed by atoms with Gasteiger partial charge >= 0.3 is 0 Å². The van der Waals surface area contributed by atoms with Gasteiger partial charge in [0.25, 0.3) is 5.91 Å². The molecule has 0 fully saturated rings. The highest BCUT2D eigenvalue weighted by atomic mass is 35.5. The minimum Gasteiger partial charge on any atom is -0.326 e. The number of nitrogens with two attached hydrogens (primary N) is 1. The number of sulfonamides is 1. The van der Waals surface area contributed by atoms with Crippen molar-refractivity contribution in [2.24, 2.45) is 5.73 Å². The van der Waals surface area contributed by atoms with E-state index in [1.807, 2.05) is 19.1 Å². The fourth-order valence-corrected chi connectivity index (χ4v) is 3.45. The molecule has 0 atom stereocenters. The van der Waals surface area contributed by atoms with E-state index in [0.717, 1.165) is 12.0 Å². The highest BCUT2D eigenvalue weighted by Crippen LogP contribution is 2.16. The molecule has 2 rings (SSSR count). The van der Waals surface area contributed by atoms with Crippen molar-refractivity contribution in [2.45, 2.75) is 26.3 Å². The number of anilines is 2. The predicted molar refractivity (Wildman–Crippen MR) is 108 cm³/mol. The summed E-state index contributed by atoms with van der Waals surface area (Å²) in [6.45, 7) is 2.37. The first-order valence-corrected chi connectivity index (χ1v) is 9.79. The van der Waals surface area contributed by atoms with Crippen molar-refractivity contribution in [3.05, 3.63) is 59.7 Å². The third-order valence-corrected chi connectivity index (χ3v) is 5.01. The van der Waals surface area contributed by atoms with Gasteiger partial charge in [-0.3, -0.25) is 9.52 Å². The Labute approximate surface area is 160 Å². The summed E-state index contributed by atoms with van der Waals surface area (Å²) in [4.78, 5) is 12.2. The Hall–Kier alpha value is -2.09. The number of amides is 1. The summed E-state index contributed by atoms with van der Waals surface area (Å²) in [6.07, 6.45) is 1.44. The Morgan fingerprint density at radius 2 is 1.58 bits per heavy atom. The quantitative estimate of drug-likeness (QED) is 0.635. The van der Waals surface area contributed by atoms with Gasteiger partial charge in [0.2, 0.25) is 10.0 Å². The van der Waals surface area contributed by atoms with E-state index in [9.17, 15) is 13.2 Å². The molecule has 0 aliphatic rings. The number of nitrogens with one attached hydrogen (secondary N) is 2. The van der Waals surface area contributed by atoms with Crippen LogP contribution in [-0.2, 0) is 16.6 Å². The molecule has 0 heterocycles. The van der Waals surface area contributed by atoms with E-state index in [2.05, 4.69) is 10.0 Å². The molecule has 0 spiro atoms. The highest BCUT2D eigenvalue weighted by Gasteiger charge is 2.10. The first-order valence-electron chi connectivity index (χ1n) is 8.14. The van der Waals surface area contributed by atoms with Crippen LogP contribution < -0.4 is 15.8 Å². The Kier molecular flexibility index (Phi) is 8.57. The number of carbonyl (C=O) groups is 1. The van der Waals surface area contributed by atoms with Crippen LogP contribution in [0.1, 0.15) is 35.7 Å². The van der Waals surface area contributed by atoms with Crippen LogP contribution in [0.15, 0.2) is 48.5 Å². The van der Waals surface area contributed by atoms with Crippen LogP contribution in [0.3, 0.4) is 0 Å². The van der Waals surface area contributed by atoms with Crippen molar-refractivity contribution in [3.63, 3.8) is 0 Å². The van der Waals surface area contributed by atoms with Gasteiger partial charge in [0, 0.05) is 23.5 Å². The lowest BCUT2D eigenvalue weighted by Crippen LogP contribution is -2.16. The number of rotatable bonds is 8. The summed E-state index contributed by atoms with van der Waals surface area (Å²) < 4.78 is 26.3. The van der Waals surface area contributed by atoms with Gasteiger partial charge in [-0.25, -0.2) is 8.42 Å². The van der Waals surface area contributed by atoms with Crippen LogP contribution in [0, 0.1) is 0 Å². The van der Waals surface area contributed by atoms with Crippen LogP contribution in [-0.4, -0.2) is 20.1 Å². The van der Waals surface area contributed by atoms with Crippen LogP contribution >= 0.6 is 12.4 Å². The van der Waals surface area contributed by atoms with E-state index in [4.69, 9.17) is 5.73 Å². The van der Waals surface area contributed by atoms with Crippen molar-refractivity contribution in [1.82, 2.24) is 0 Å². The lowest BCUT2D eigenvalue weighted by atomic mass is 10.1. The number of hydrogen-bond donors (Lipinski definition) is 3. The minimum absolute atomic E-state index is 0. The Balaban J connectivity index is 0.00000338. The Bertz CT molecular complexity index is 807. The molecule has 26 heavy (non-hydrogen) atoms. The van der Waals surface area contributed by atoms with Crippen LogP contribution in [0.25, 0.3) is 0 Å².